The highest BCUT2D eigenvalue weighted by atomic mass is 79.9. The zero-order valence-corrected chi connectivity index (χ0v) is 10.5. The van der Waals surface area contributed by atoms with Crippen LogP contribution < -0.4 is 5.32 Å². The van der Waals surface area contributed by atoms with Crippen molar-refractivity contribution in [2.45, 2.75) is 26.4 Å². The molecule has 2 rings (SSSR count). The van der Waals surface area contributed by atoms with Gasteiger partial charge in [-0.3, -0.25) is 0 Å². The normalized spacial score (nSPS) is 11.5. The SMILES string of the molecule is CC(C)NCc1cc2cccc(Br)c2o1. The number of halogens is 1. The van der Waals surface area contributed by atoms with E-state index in [-0.39, 0.29) is 0 Å². The van der Waals surface area contributed by atoms with Crippen LogP contribution in [-0.2, 0) is 6.54 Å². The molecule has 0 saturated carbocycles. The Kier molecular flexibility index (Phi) is 3.12. The largest absolute Gasteiger partial charge is 0.459 e. The van der Waals surface area contributed by atoms with Crippen LogP contribution >= 0.6 is 15.9 Å². The standard InChI is InChI=1S/C12H14BrNO/c1-8(2)14-7-10-6-9-4-3-5-11(13)12(9)15-10/h3-6,8,14H,7H2,1-2H3. The number of nitrogens with one attached hydrogen (secondary N) is 1. The van der Waals surface area contributed by atoms with Crippen molar-refractivity contribution in [1.82, 2.24) is 5.32 Å². The van der Waals surface area contributed by atoms with Crippen LogP contribution in [0.25, 0.3) is 11.0 Å². The van der Waals surface area contributed by atoms with Crippen LogP contribution in [0, 0.1) is 0 Å². The third kappa shape index (κ3) is 2.41. The van der Waals surface area contributed by atoms with Crippen molar-refractivity contribution in [2.75, 3.05) is 0 Å². The molecule has 3 heteroatoms. The summed E-state index contributed by atoms with van der Waals surface area (Å²) in [5, 5.41) is 4.48. The van der Waals surface area contributed by atoms with E-state index in [9.17, 15) is 0 Å². The van der Waals surface area contributed by atoms with E-state index in [4.69, 9.17) is 4.42 Å². The Labute approximate surface area is 97.8 Å². The lowest BCUT2D eigenvalue weighted by Crippen LogP contribution is -2.21. The fourth-order valence-electron chi connectivity index (χ4n) is 1.47. The molecule has 0 aliphatic carbocycles. The summed E-state index contributed by atoms with van der Waals surface area (Å²) >= 11 is 3.48. The molecule has 0 aliphatic rings. The van der Waals surface area contributed by atoms with Crippen LogP contribution in [0.4, 0.5) is 0 Å². The quantitative estimate of drug-likeness (QED) is 0.918. The van der Waals surface area contributed by atoms with E-state index in [0.717, 1.165) is 27.7 Å². The monoisotopic (exact) mass is 267 g/mol. The Morgan fingerprint density at radius 2 is 2.20 bits per heavy atom. The van der Waals surface area contributed by atoms with E-state index in [1.165, 1.54) is 0 Å². The van der Waals surface area contributed by atoms with E-state index in [2.05, 4.69) is 47.2 Å². The van der Waals surface area contributed by atoms with Gasteiger partial charge in [-0.05, 0) is 28.1 Å². The Hall–Kier alpha value is -0.800. The van der Waals surface area contributed by atoms with Crippen LogP contribution in [0.15, 0.2) is 33.2 Å². The van der Waals surface area contributed by atoms with E-state index in [0.29, 0.717) is 6.04 Å². The van der Waals surface area contributed by atoms with Gasteiger partial charge in [0.1, 0.15) is 11.3 Å². The summed E-state index contributed by atoms with van der Waals surface area (Å²) in [5.74, 6) is 0.977. The van der Waals surface area contributed by atoms with Crippen LogP contribution in [0.3, 0.4) is 0 Å². The zero-order valence-electron chi connectivity index (χ0n) is 8.88. The van der Waals surface area contributed by atoms with Crippen molar-refractivity contribution in [2.24, 2.45) is 0 Å². The summed E-state index contributed by atoms with van der Waals surface area (Å²) < 4.78 is 6.75. The van der Waals surface area contributed by atoms with Gasteiger partial charge in [0.15, 0.2) is 0 Å². The van der Waals surface area contributed by atoms with Gasteiger partial charge in [0, 0.05) is 11.4 Å². The maximum atomic E-state index is 5.74. The summed E-state index contributed by atoms with van der Waals surface area (Å²) in [5.41, 5.74) is 0.929. The van der Waals surface area contributed by atoms with Crippen molar-refractivity contribution >= 4 is 26.9 Å². The average molecular weight is 268 g/mol. The summed E-state index contributed by atoms with van der Waals surface area (Å²) in [6, 6.07) is 8.62. The minimum Gasteiger partial charge on any atom is -0.459 e. The summed E-state index contributed by atoms with van der Waals surface area (Å²) in [6.45, 7) is 5.02. The first-order valence-corrected chi connectivity index (χ1v) is 5.86. The maximum Gasteiger partial charge on any atom is 0.148 e. The summed E-state index contributed by atoms with van der Waals surface area (Å²) in [4.78, 5) is 0. The number of fused-ring (bicyclic) bond motifs is 1. The number of hydrogen-bond donors (Lipinski definition) is 1. The third-order valence-electron chi connectivity index (χ3n) is 2.23. The highest BCUT2D eigenvalue weighted by Gasteiger charge is 2.06. The summed E-state index contributed by atoms with van der Waals surface area (Å²) in [6.07, 6.45) is 0. The van der Waals surface area contributed by atoms with Crippen LogP contribution in [0.5, 0.6) is 0 Å². The number of para-hydroxylation sites is 1. The molecule has 1 aromatic heterocycles. The first kappa shape index (κ1) is 10.7. The van der Waals surface area contributed by atoms with Gasteiger partial charge in [0.25, 0.3) is 0 Å². The number of rotatable bonds is 3. The molecule has 1 N–H and O–H groups in total. The lowest BCUT2D eigenvalue weighted by molar-refractivity contribution is 0.487. The van der Waals surface area contributed by atoms with Crippen LogP contribution in [0.2, 0.25) is 0 Å². The maximum absolute atomic E-state index is 5.74. The molecule has 80 valence electrons. The molecule has 1 aromatic carbocycles. The van der Waals surface area contributed by atoms with E-state index in [1.54, 1.807) is 0 Å². The molecule has 0 aliphatic heterocycles. The molecular formula is C12H14BrNO. The van der Waals surface area contributed by atoms with Crippen LogP contribution in [0.1, 0.15) is 19.6 Å². The van der Waals surface area contributed by atoms with Crippen molar-refractivity contribution in [3.05, 3.63) is 34.5 Å². The van der Waals surface area contributed by atoms with E-state index in [1.807, 2.05) is 12.1 Å². The smallest absolute Gasteiger partial charge is 0.148 e. The fourth-order valence-corrected chi connectivity index (χ4v) is 1.94. The lowest BCUT2D eigenvalue weighted by atomic mass is 10.2. The molecule has 1 heterocycles. The Bertz CT molecular complexity index is 462. The molecular weight excluding hydrogens is 254 g/mol. The molecule has 2 aromatic rings. The molecule has 2 nitrogen and oxygen atoms in total. The zero-order chi connectivity index (χ0) is 10.8. The molecule has 0 bridgehead atoms. The highest BCUT2D eigenvalue weighted by Crippen LogP contribution is 2.26. The molecule has 15 heavy (non-hydrogen) atoms. The highest BCUT2D eigenvalue weighted by molar-refractivity contribution is 9.10. The van der Waals surface area contributed by atoms with Gasteiger partial charge in [0.2, 0.25) is 0 Å². The van der Waals surface area contributed by atoms with Crippen molar-refractivity contribution in [3.8, 4) is 0 Å². The first-order chi connectivity index (χ1) is 7.16. The Morgan fingerprint density at radius 3 is 2.87 bits per heavy atom. The predicted molar refractivity (Wildman–Crippen MR) is 65.9 cm³/mol. The predicted octanol–water partition coefficient (Wildman–Crippen LogP) is 3.69. The van der Waals surface area contributed by atoms with Gasteiger partial charge in [-0.2, -0.15) is 0 Å². The third-order valence-corrected chi connectivity index (χ3v) is 2.86. The minimum atomic E-state index is 0.474. The average Bonchev–Trinajstić information content (AvgIpc) is 2.59. The molecule has 0 amide bonds. The molecule has 0 spiro atoms. The second kappa shape index (κ2) is 4.37. The molecule has 0 unspecified atom stereocenters. The van der Waals surface area contributed by atoms with Gasteiger partial charge >= 0.3 is 0 Å². The molecule has 0 fully saturated rings. The lowest BCUT2D eigenvalue weighted by Gasteiger charge is -2.04. The second-order valence-corrected chi connectivity index (χ2v) is 4.76. The van der Waals surface area contributed by atoms with E-state index >= 15 is 0 Å². The molecule has 0 radical (unpaired) electrons. The Morgan fingerprint density at radius 1 is 1.40 bits per heavy atom. The van der Waals surface area contributed by atoms with Gasteiger partial charge < -0.3 is 9.73 Å². The van der Waals surface area contributed by atoms with Crippen LogP contribution in [-0.4, -0.2) is 6.04 Å². The summed E-state index contributed by atoms with van der Waals surface area (Å²) in [7, 11) is 0. The fraction of sp³-hybridized carbons (Fsp3) is 0.333. The topological polar surface area (TPSA) is 25.2 Å². The number of benzene rings is 1. The van der Waals surface area contributed by atoms with Gasteiger partial charge in [-0.25, -0.2) is 0 Å². The van der Waals surface area contributed by atoms with E-state index < -0.39 is 0 Å². The molecule has 0 saturated heterocycles. The van der Waals surface area contributed by atoms with Crippen molar-refractivity contribution < 1.29 is 4.42 Å². The number of furan rings is 1. The van der Waals surface area contributed by atoms with Gasteiger partial charge in [-0.1, -0.05) is 26.0 Å². The van der Waals surface area contributed by atoms with Gasteiger partial charge in [0.05, 0.1) is 11.0 Å². The molecule has 0 atom stereocenters. The van der Waals surface area contributed by atoms with Crippen molar-refractivity contribution in [3.63, 3.8) is 0 Å². The minimum absolute atomic E-state index is 0.474. The van der Waals surface area contributed by atoms with Crippen molar-refractivity contribution in [1.29, 1.82) is 0 Å². The Balaban J connectivity index is 2.27. The first-order valence-electron chi connectivity index (χ1n) is 5.07. The second-order valence-electron chi connectivity index (χ2n) is 3.91. The van der Waals surface area contributed by atoms with Gasteiger partial charge in [-0.15, -0.1) is 0 Å². The number of hydrogen-bond acceptors (Lipinski definition) is 2.